The molecule has 0 unspecified atom stereocenters. The molecule has 0 aliphatic carbocycles. The van der Waals surface area contributed by atoms with Crippen molar-refractivity contribution in [2.45, 2.75) is 13.8 Å². The number of rotatable bonds is 4. The van der Waals surface area contributed by atoms with Crippen LogP contribution in [0.5, 0.6) is 0 Å². The Labute approximate surface area is 160 Å². The van der Waals surface area contributed by atoms with Crippen LogP contribution >= 0.6 is 11.3 Å². The zero-order valence-corrected chi connectivity index (χ0v) is 15.7. The number of aryl methyl sites for hydroxylation is 1. The number of allylic oxidation sites excluding steroid dienone is 1. The maximum Gasteiger partial charge on any atom is 0.268 e. The van der Waals surface area contributed by atoms with E-state index in [9.17, 15) is 5.26 Å². The summed E-state index contributed by atoms with van der Waals surface area (Å²) in [6, 6.07) is 18.2. The van der Waals surface area contributed by atoms with E-state index in [1.165, 1.54) is 11.3 Å². The third-order valence-corrected chi connectivity index (χ3v) is 5.17. The lowest BCUT2D eigenvalue weighted by Crippen LogP contribution is -1.98. The Bertz CT molecular complexity index is 1140. The van der Waals surface area contributed by atoms with Gasteiger partial charge in [0.1, 0.15) is 11.6 Å². The number of aromatic nitrogens is 3. The van der Waals surface area contributed by atoms with Crippen LogP contribution in [0.15, 0.2) is 58.4 Å². The molecule has 5 nitrogen and oxygen atoms in total. The number of hydrogen-bond acceptors (Lipinski definition) is 5. The fourth-order valence-electron chi connectivity index (χ4n) is 3.04. The van der Waals surface area contributed by atoms with Crippen molar-refractivity contribution in [3.8, 4) is 22.5 Å². The Balaban J connectivity index is 1.73. The molecule has 0 saturated heterocycles. The lowest BCUT2D eigenvalue weighted by Gasteiger charge is -2.09. The number of benzene rings is 1. The Morgan fingerprint density at radius 3 is 2.70 bits per heavy atom. The van der Waals surface area contributed by atoms with Crippen LogP contribution < -0.4 is 0 Å². The molecule has 6 heteroatoms. The number of nitrogens with zero attached hydrogens (tertiary/aromatic N) is 4. The van der Waals surface area contributed by atoms with Gasteiger partial charge in [-0.15, -0.1) is 11.3 Å². The van der Waals surface area contributed by atoms with Crippen LogP contribution in [0.3, 0.4) is 0 Å². The Kier molecular flexibility index (Phi) is 4.45. The molecule has 4 aromatic rings. The summed E-state index contributed by atoms with van der Waals surface area (Å²) in [5.41, 5.74) is 4.52. The molecule has 0 saturated carbocycles. The second-order valence-electron chi connectivity index (χ2n) is 6.07. The van der Waals surface area contributed by atoms with Crippen molar-refractivity contribution in [3.63, 3.8) is 0 Å². The van der Waals surface area contributed by atoms with Gasteiger partial charge in [0.05, 0.1) is 4.88 Å². The lowest BCUT2D eigenvalue weighted by atomic mass is 10.1. The largest absolute Gasteiger partial charge is 0.333 e. The standard InChI is InChI=1S/C21H16N4OS/c1-14-11-16(15(2)25(14)18-7-4-3-5-8-18)12-17(13-22)21-23-20(24-26-21)19-9-6-10-27-19/h3-12H,1-2H3/b17-12+. The number of para-hydroxylation sites is 1. The van der Waals surface area contributed by atoms with E-state index in [1.807, 2.05) is 49.6 Å². The van der Waals surface area contributed by atoms with Crippen molar-refractivity contribution >= 4 is 23.0 Å². The van der Waals surface area contributed by atoms with Gasteiger partial charge in [-0.2, -0.15) is 10.2 Å². The van der Waals surface area contributed by atoms with Crippen LogP contribution in [0.1, 0.15) is 22.8 Å². The summed E-state index contributed by atoms with van der Waals surface area (Å²) < 4.78 is 7.48. The molecule has 0 N–H and O–H groups in total. The molecule has 0 atom stereocenters. The molecular formula is C21H16N4OS. The summed E-state index contributed by atoms with van der Waals surface area (Å²) in [6.45, 7) is 4.08. The third-order valence-electron chi connectivity index (χ3n) is 4.30. The second-order valence-corrected chi connectivity index (χ2v) is 7.02. The van der Waals surface area contributed by atoms with Gasteiger partial charge in [-0.25, -0.2) is 0 Å². The highest BCUT2D eigenvalue weighted by molar-refractivity contribution is 7.13. The SMILES string of the molecule is Cc1cc(/C=C(\C#N)c2nc(-c3cccs3)no2)c(C)n1-c1ccccc1. The van der Waals surface area contributed by atoms with Gasteiger partial charge in [0.2, 0.25) is 5.82 Å². The zero-order valence-electron chi connectivity index (χ0n) is 14.9. The maximum atomic E-state index is 9.61. The van der Waals surface area contributed by atoms with E-state index in [1.54, 1.807) is 6.08 Å². The maximum absolute atomic E-state index is 9.61. The van der Waals surface area contributed by atoms with Crippen molar-refractivity contribution in [2.24, 2.45) is 0 Å². The third kappa shape index (κ3) is 3.21. The van der Waals surface area contributed by atoms with Gasteiger partial charge in [0.25, 0.3) is 5.89 Å². The number of hydrogen-bond donors (Lipinski definition) is 0. The average Bonchev–Trinajstić information content (AvgIpc) is 3.41. The van der Waals surface area contributed by atoms with Crippen molar-refractivity contribution in [3.05, 3.63) is 76.8 Å². The minimum Gasteiger partial charge on any atom is -0.333 e. The minimum absolute atomic E-state index is 0.227. The fourth-order valence-corrected chi connectivity index (χ4v) is 3.69. The highest BCUT2D eigenvalue weighted by Gasteiger charge is 2.16. The normalized spacial score (nSPS) is 11.5. The van der Waals surface area contributed by atoms with Gasteiger partial charge in [-0.05, 0) is 55.1 Å². The molecule has 27 heavy (non-hydrogen) atoms. The van der Waals surface area contributed by atoms with Crippen LogP contribution in [0.4, 0.5) is 0 Å². The predicted octanol–water partition coefficient (Wildman–Crippen LogP) is 5.27. The summed E-state index contributed by atoms with van der Waals surface area (Å²) in [5, 5.41) is 15.6. The molecule has 0 bridgehead atoms. The molecular weight excluding hydrogens is 356 g/mol. The summed E-state index contributed by atoms with van der Waals surface area (Å²) >= 11 is 1.53. The van der Waals surface area contributed by atoms with Crippen LogP contribution in [0, 0.1) is 25.2 Å². The van der Waals surface area contributed by atoms with Crippen molar-refractivity contribution in [1.82, 2.24) is 14.7 Å². The number of thiophene rings is 1. The Morgan fingerprint density at radius 1 is 1.19 bits per heavy atom. The van der Waals surface area contributed by atoms with Gasteiger partial charge < -0.3 is 9.09 Å². The molecule has 0 spiro atoms. The molecule has 1 aromatic carbocycles. The molecule has 132 valence electrons. The van der Waals surface area contributed by atoms with Gasteiger partial charge in [0.15, 0.2) is 0 Å². The fraction of sp³-hybridized carbons (Fsp3) is 0.0952. The molecule has 3 heterocycles. The topological polar surface area (TPSA) is 67.6 Å². The van der Waals surface area contributed by atoms with Crippen molar-refractivity contribution in [1.29, 1.82) is 5.26 Å². The molecule has 0 aliphatic rings. The molecule has 0 fully saturated rings. The van der Waals surface area contributed by atoms with E-state index in [0.717, 1.165) is 27.5 Å². The van der Waals surface area contributed by atoms with Crippen LogP contribution in [0.25, 0.3) is 28.0 Å². The molecule has 3 aromatic heterocycles. The summed E-state index contributed by atoms with van der Waals surface area (Å²) in [4.78, 5) is 5.28. The van der Waals surface area contributed by atoms with Crippen LogP contribution in [0.2, 0.25) is 0 Å². The highest BCUT2D eigenvalue weighted by Crippen LogP contribution is 2.27. The first kappa shape index (κ1) is 17.0. The molecule has 0 amide bonds. The second kappa shape index (κ2) is 7.06. The molecule has 0 radical (unpaired) electrons. The highest BCUT2D eigenvalue weighted by atomic mass is 32.1. The summed E-state index contributed by atoms with van der Waals surface area (Å²) in [7, 11) is 0. The average molecular weight is 372 g/mol. The summed E-state index contributed by atoms with van der Waals surface area (Å²) in [5.74, 6) is 0.723. The number of nitriles is 1. The van der Waals surface area contributed by atoms with E-state index in [-0.39, 0.29) is 5.89 Å². The molecule has 4 rings (SSSR count). The van der Waals surface area contributed by atoms with Gasteiger partial charge >= 0.3 is 0 Å². The van der Waals surface area contributed by atoms with Gasteiger partial charge in [0, 0.05) is 17.1 Å². The van der Waals surface area contributed by atoms with E-state index < -0.39 is 0 Å². The minimum atomic E-state index is 0.227. The zero-order chi connectivity index (χ0) is 18.8. The first-order valence-corrected chi connectivity index (χ1v) is 9.29. The smallest absolute Gasteiger partial charge is 0.268 e. The Hall–Kier alpha value is -3.43. The predicted molar refractivity (Wildman–Crippen MR) is 106 cm³/mol. The summed E-state index contributed by atoms with van der Waals surface area (Å²) in [6.07, 6.45) is 1.80. The molecule has 0 aliphatic heterocycles. The first-order chi connectivity index (χ1) is 13.2. The van der Waals surface area contributed by atoms with Crippen LogP contribution in [-0.2, 0) is 0 Å². The van der Waals surface area contributed by atoms with Gasteiger partial charge in [-0.1, -0.05) is 29.4 Å². The monoisotopic (exact) mass is 372 g/mol. The Morgan fingerprint density at radius 2 is 2.00 bits per heavy atom. The van der Waals surface area contributed by atoms with E-state index in [0.29, 0.717) is 11.4 Å². The van der Waals surface area contributed by atoms with Crippen molar-refractivity contribution < 1.29 is 4.52 Å². The quantitative estimate of drug-likeness (QED) is 0.458. The van der Waals surface area contributed by atoms with Crippen LogP contribution in [-0.4, -0.2) is 14.7 Å². The van der Waals surface area contributed by atoms with Crippen molar-refractivity contribution in [2.75, 3.05) is 0 Å². The van der Waals surface area contributed by atoms with E-state index >= 15 is 0 Å². The van der Waals surface area contributed by atoms with E-state index in [2.05, 4.69) is 39.0 Å². The lowest BCUT2D eigenvalue weighted by molar-refractivity contribution is 0.409. The first-order valence-electron chi connectivity index (χ1n) is 8.41. The van der Waals surface area contributed by atoms with Gasteiger partial charge in [-0.3, -0.25) is 0 Å². The van der Waals surface area contributed by atoms with E-state index in [4.69, 9.17) is 4.52 Å².